The van der Waals surface area contributed by atoms with Crippen LogP contribution in [0.5, 0.6) is 0 Å². The summed E-state index contributed by atoms with van der Waals surface area (Å²) in [6, 6.07) is 20.0. The van der Waals surface area contributed by atoms with Gasteiger partial charge in [-0.05, 0) is 24.1 Å². The Morgan fingerprint density at radius 1 is 0.923 bits per heavy atom. The first-order valence-corrected chi connectivity index (χ1v) is 9.04. The molecule has 2 atom stereocenters. The number of carbonyl (C=O) groups is 1. The van der Waals surface area contributed by atoms with Crippen molar-refractivity contribution in [3.63, 3.8) is 0 Å². The van der Waals surface area contributed by atoms with E-state index in [1.165, 1.54) is 0 Å². The third-order valence-corrected chi connectivity index (χ3v) is 4.52. The Hall–Kier alpha value is -2.43. The fraction of sp³-hybridized carbons (Fsp3) is 0.318. The molecule has 2 aromatic rings. The second kappa shape index (κ2) is 9.32. The highest BCUT2D eigenvalue weighted by Crippen LogP contribution is 2.19. The van der Waals surface area contributed by atoms with Gasteiger partial charge in [-0.1, -0.05) is 60.7 Å². The van der Waals surface area contributed by atoms with Gasteiger partial charge >= 0.3 is 0 Å². The maximum atomic E-state index is 12.2. The predicted octanol–water partition coefficient (Wildman–Crippen LogP) is 3.58. The number of carbonyl (C=O) groups excluding carboxylic acids is 1. The summed E-state index contributed by atoms with van der Waals surface area (Å²) in [6.07, 6.45) is 3.28. The molecule has 0 saturated carbocycles. The molecular weight excluding hydrogens is 326 g/mol. The van der Waals surface area contributed by atoms with E-state index in [1.54, 1.807) is 6.08 Å². The van der Waals surface area contributed by atoms with E-state index in [0.717, 1.165) is 11.1 Å². The largest absolute Gasteiger partial charge is 0.375 e. The van der Waals surface area contributed by atoms with Crippen molar-refractivity contribution in [3.8, 4) is 0 Å². The Kier molecular flexibility index (Phi) is 6.58. The van der Waals surface area contributed by atoms with Gasteiger partial charge < -0.3 is 14.4 Å². The number of likely N-dealkylation sites (N-methyl/N-ethyl adjacent to an activating group) is 1. The molecule has 136 valence electrons. The number of ether oxygens (including phenoxy) is 2. The average molecular weight is 351 g/mol. The second-order valence-electron chi connectivity index (χ2n) is 6.31. The summed E-state index contributed by atoms with van der Waals surface area (Å²) in [5.41, 5.74) is 2.24. The van der Waals surface area contributed by atoms with Gasteiger partial charge in [0.25, 0.3) is 0 Å². The Bertz CT molecular complexity index is 715. The van der Waals surface area contributed by atoms with E-state index in [0.29, 0.717) is 26.4 Å². The van der Waals surface area contributed by atoms with E-state index < -0.39 is 0 Å². The molecule has 0 bridgehead atoms. The summed E-state index contributed by atoms with van der Waals surface area (Å²) >= 11 is 0. The van der Waals surface area contributed by atoms with Crippen molar-refractivity contribution in [1.29, 1.82) is 0 Å². The van der Waals surface area contributed by atoms with E-state index in [1.807, 2.05) is 78.6 Å². The number of rotatable bonds is 8. The zero-order valence-corrected chi connectivity index (χ0v) is 15.1. The third-order valence-electron chi connectivity index (χ3n) is 4.52. The fourth-order valence-electron chi connectivity index (χ4n) is 3.12. The quantitative estimate of drug-likeness (QED) is 0.730. The molecule has 1 amide bonds. The summed E-state index contributed by atoms with van der Waals surface area (Å²) in [5.74, 6) is 0.0142. The van der Waals surface area contributed by atoms with Gasteiger partial charge in [0.15, 0.2) is 0 Å². The van der Waals surface area contributed by atoms with Crippen LogP contribution in [0.2, 0.25) is 0 Å². The maximum Gasteiger partial charge on any atom is 0.246 e. The lowest BCUT2D eigenvalue weighted by Gasteiger charge is -2.37. The topological polar surface area (TPSA) is 38.8 Å². The summed E-state index contributed by atoms with van der Waals surface area (Å²) in [4.78, 5) is 14.0. The standard InChI is InChI=1S/C22H25NO3/c1-2-23-20(17-25-15-18-9-5-3-6-10-18)21(13-14-22(23)24)26-16-19-11-7-4-8-12-19/h3-14,20-21H,2,15-17H2,1H3. The van der Waals surface area contributed by atoms with Crippen LogP contribution in [0.15, 0.2) is 72.8 Å². The zero-order chi connectivity index (χ0) is 18.2. The van der Waals surface area contributed by atoms with Crippen molar-refractivity contribution in [1.82, 2.24) is 4.90 Å². The van der Waals surface area contributed by atoms with E-state index in [4.69, 9.17) is 9.47 Å². The minimum absolute atomic E-state index is 0.0142. The molecule has 2 unspecified atom stereocenters. The van der Waals surface area contributed by atoms with E-state index in [-0.39, 0.29) is 18.1 Å². The fourth-order valence-corrected chi connectivity index (χ4v) is 3.12. The third kappa shape index (κ3) is 4.81. The number of benzene rings is 2. The first-order valence-electron chi connectivity index (χ1n) is 9.04. The van der Waals surface area contributed by atoms with Gasteiger partial charge in [-0.25, -0.2) is 0 Å². The van der Waals surface area contributed by atoms with Crippen LogP contribution >= 0.6 is 0 Å². The SMILES string of the molecule is CCN1C(=O)C=CC(OCc2ccccc2)C1COCc1ccccc1. The number of nitrogens with zero attached hydrogens (tertiary/aromatic N) is 1. The van der Waals surface area contributed by atoms with Crippen LogP contribution in [0.3, 0.4) is 0 Å². The molecule has 4 heteroatoms. The Morgan fingerprint density at radius 3 is 2.15 bits per heavy atom. The molecular formula is C22H25NO3. The van der Waals surface area contributed by atoms with Crippen molar-refractivity contribution < 1.29 is 14.3 Å². The average Bonchev–Trinajstić information content (AvgIpc) is 2.69. The van der Waals surface area contributed by atoms with Crippen molar-refractivity contribution in [3.05, 3.63) is 83.9 Å². The predicted molar refractivity (Wildman–Crippen MR) is 101 cm³/mol. The molecule has 0 aromatic heterocycles. The summed E-state index contributed by atoms with van der Waals surface area (Å²) in [7, 11) is 0. The van der Waals surface area contributed by atoms with Crippen LogP contribution in [0.25, 0.3) is 0 Å². The van der Waals surface area contributed by atoms with Crippen LogP contribution in [0, 0.1) is 0 Å². The zero-order valence-electron chi connectivity index (χ0n) is 15.1. The molecule has 0 radical (unpaired) electrons. The normalized spacial score (nSPS) is 19.7. The molecule has 2 aromatic carbocycles. The van der Waals surface area contributed by atoms with Gasteiger partial charge in [0.1, 0.15) is 0 Å². The van der Waals surface area contributed by atoms with Gasteiger partial charge in [-0.15, -0.1) is 0 Å². The lowest BCUT2D eigenvalue weighted by atomic mass is 10.0. The molecule has 3 rings (SSSR count). The minimum atomic E-state index is -0.177. The van der Waals surface area contributed by atoms with Gasteiger partial charge in [-0.3, -0.25) is 4.79 Å². The van der Waals surface area contributed by atoms with Crippen molar-refractivity contribution in [2.75, 3.05) is 13.2 Å². The number of hydrogen-bond acceptors (Lipinski definition) is 3. The molecule has 1 heterocycles. The van der Waals surface area contributed by atoms with E-state index >= 15 is 0 Å². The minimum Gasteiger partial charge on any atom is -0.375 e. The molecule has 0 spiro atoms. The van der Waals surface area contributed by atoms with Crippen LogP contribution < -0.4 is 0 Å². The van der Waals surface area contributed by atoms with Gasteiger partial charge in [-0.2, -0.15) is 0 Å². The Balaban J connectivity index is 1.62. The number of hydrogen-bond donors (Lipinski definition) is 0. The van der Waals surface area contributed by atoms with Gasteiger partial charge in [0.05, 0.1) is 32.0 Å². The summed E-state index contributed by atoms with van der Waals surface area (Å²) in [5, 5.41) is 0. The first-order chi connectivity index (χ1) is 12.8. The van der Waals surface area contributed by atoms with Crippen molar-refractivity contribution in [2.24, 2.45) is 0 Å². The van der Waals surface area contributed by atoms with Gasteiger partial charge in [0.2, 0.25) is 5.91 Å². The molecule has 26 heavy (non-hydrogen) atoms. The lowest BCUT2D eigenvalue weighted by Crippen LogP contribution is -2.51. The molecule has 0 aliphatic carbocycles. The van der Waals surface area contributed by atoms with E-state index in [9.17, 15) is 4.79 Å². The van der Waals surface area contributed by atoms with Crippen LogP contribution in [0.4, 0.5) is 0 Å². The smallest absolute Gasteiger partial charge is 0.246 e. The Morgan fingerprint density at radius 2 is 1.54 bits per heavy atom. The number of amides is 1. The lowest BCUT2D eigenvalue weighted by molar-refractivity contribution is -0.135. The highest BCUT2D eigenvalue weighted by molar-refractivity contribution is 5.89. The second-order valence-corrected chi connectivity index (χ2v) is 6.31. The summed E-state index contributed by atoms with van der Waals surface area (Å²) < 4.78 is 12.0. The molecule has 0 fully saturated rings. The van der Waals surface area contributed by atoms with Crippen molar-refractivity contribution in [2.45, 2.75) is 32.3 Å². The van der Waals surface area contributed by atoms with Crippen molar-refractivity contribution >= 4 is 5.91 Å². The first kappa shape index (κ1) is 18.4. The van der Waals surface area contributed by atoms with Crippen LogP contribution in [-0.4, -0.2) is 36.1 Å². The molecule has 0 saturated heterocycles. The molecule has 1 aliphatic rings. The molecule has 0 N–H and O–H groups in total. The Labute approximate surface area is 155 Å². The monoisotopic (exact) mass is 351 g/mol. The molecule has 4 nitrogen and oxygen atoms in total. The van der Waals surface area contributed by atoms with Crippen LogP contribution in [0.1, 0.15) is 18.1 Å². The van der Waals surface area contributed by atoms with Crippen LogP contribution in [-0.2, 0) is 27.5 Å². The summed E-state index contributed by atoms with van der Waals surface area (Å²) in [6.45, 7) is 4.09. The highest BCUT2D eigenvalue weighted by Gasteiger charge is 2.32. The van der Waals surface area contributed by atoms with Gasteiger partial charge in [0, 0.05) is 12.6 Å². The highest BCUT2D eigenvalue weighted by atomic mass is 16.5. The maximum absolute atomic E-state index is 12.2. The van der Waals surface area contributed by atoms with E-state index in [2.05, 4.69) is 0 Å². The molecule has 1 aliphatic heterocycles.